The molecule has 0 fully saturated rings. The summed E-state index contributed by atoms with van der Waals surface area (Å²) in [6, 6.07) is 0. The van der Waals surface area contributed by atoms with Gasteiger partial charge in [-0.25, -0.2) is 0 Å². The molecule has 2 atom stereocenters. The molecule has 0 rings (SSSR count). The minimum Gasteiger partial charge on any atom is -0.799 e. The van der Waals surface area contributed by atoms with Crippen LogP contribution >= 0.6 is 14.6 Å². The molecule has 316 valence electrons. The van der Waals surface area contributed by atoms with Gasteiger partial charge in [-0.15, -0.1) is 0 Å². The molecule has 2 nitrogen and oxygen atoms in total. The van der Waals surface area contributed by atoms with Crippen LogP contribution in [0.4, 0.5) is 0 Å². The van der Waals surface area contributed by atoms with Crippen molar-refractivity contribution in [2.45, 2.75) is 250 Å². The van der Waals surface area contributed by atoms with Crippen LogP contribution in [-0.4, -0.2) is 37.0 Å². The fraction of sp³-hybridized carbons (Fsp3) is 1.00. The number of unbranched alkanes of at least 4 members (excludes halogenated alkanes) is 20. The first-order chi connectivity index (χ1) is 24.4. The first-order valence-corrected chi connectivity index (χ1v) is 28.1. The molecular weight excluding hydrogens is 670 g/mol. The lowest BCUT2D eigenvalue weighted by Gasteiger charge is -2.33. The molecule has 0 saturated heterocycles. The average Bonchev–Trinajstić information content (AvgIpc) is 3.02. The summed E-state index contributed by atoms with van der Waals surface area (Å²) in [6.07, 6.45) is 44.7. The van der Waals surface area contributed by atoms with Crippen LogP contribution < -0.4 is 4.89 Å². The van der Waals surface area contributed by atoms with Gasteiger partial charge in [0.2, 0.25) is 0 Å². The molecule has 2 unspecified atom stereocenters. The molecule has 0 heterocycles. The van der Waals surface area contributed by atoms with Crippen molar-refractivity contribution in [2.75, 3.05) is 37.0 Å². The van der Waals surface area contributed by atoms with Crippen molar-refractivity contribution in [3.63, 3.8) is 0 Å². The lowest BCUT2D eigenvalue weighted by atomic mass is 9.86. The molecule has 0 radical (unpaired) electrons. The summed E-state index contributed by atoms with van der Waals surface area (Å²) in [7, 11) is -3.92. The molecular formula is C48H102O2P2. The summed E-state index contributed by atoms with van der Waals surface area (Å²) in [5.74, 6) is 0.510. The fourth-order valence-corrected chi connectivity index (χ4v) is 16.1. The van der Waals surface area contributed by atoms with Crippen molar-refractivity contribution in [1.82, 2.24) is 0 Å². The molecule has 4 heteroatoms. The van der Waals surface area contributed by atoms with Crippen LogP contribution in [0.2, 0.25) is 0 Å². The zero-order valence-electron chi connectivity index (χ0n) is 38.5. The molecule has 0 aromatic rings. The molecule has 0 bridgehead atoms. The van der Waals surface area contributed by atoms with Crippen molar-refractivity contribution >= 4 is 14.6 Å². The molecule has 0 aliphatic rings. The minimum atomic E-state index is -3.23. The standard InChI is InChI=1S/C32H68P.C16H35O2P/c1-5-9-13-17-18-19-20-21-22-23-24-28-32-33(29-25-14-10-6-2,30-26-15-11-7-3)31-27-16-12-8-4;1-13(9-15(3,4)5)11-19(17,18)12-14(2)10-16(6,7)8/h5-32H2,1-4H3;13-14H,9-12H2,1-8H3,(H,17,18)/q+1;/p-1. The molecule has 0 amide bonds. The van der Waals surface area contributed by atoms with Gasteiger partial charge in [-0.2, -0.15) is 0 Å². The van der Waals surface area contributed by atoms with E-state index in [1.165, 1.54) is 128 Å². The van der Waals surface area contributed by atoms with Crippen molar-refractivity contribution in [3.05, 3.63) is 0 Å². The smallest absolute Gasteiger partial charge is 0.0594 e. The van der Waals surface area contributed by atoms with E-state index in [0.29, 0.717) is 12.3 Å². The Bertz CT molecular complexity index is 736. The van der Waals surface area contributed by atoms with Crippen molar-refractivity contribution in [2.24, 2.45) is 22.7 Å². The predicted molar refractivity (Wildman–Crippen MR) is 244 cm³/mol. The molecule has 0 N–H and O–H groups in total. The maximum Gasteiger partial charge on any atom is 0.0594 e. The van der Waals surface area contributed by atoms with Gasteiger partial charge in [-0.1, -0.05) is 186 Å². The molecule has 0 saturated carbocycles. The third-order valence-electron chi connectivity index (χ3n) is 11.0. The lowest BCUT2D eigenvalue weighted by Crippen LogP contribution is -2.22. The summed E-state index contributed by atoms with van der Waals surface area (Å²) < 4.78 is 12.3. The highest BCUT2D eigenvalue weighted by molar-refractivity contribution is 7.75. The fourth-order valence-electron chi connectivity index (χ4n) is 8.83. The Morgan fingerprint density at radius 1 is 0.423 bits per heavy atom. The Balaban J connectivity index is 0. The van der Waals surface area contributed by atoms with E-state index in [-0.39, 0.29) is 22.7 Å². The Kier molecular flexibility index (Phi) is 35.5. The summed E-state index contributed by atoms with van der Waals surface area (Å²) >= 11 is 0. The number of rotatable bonds is 34. The van der Waals surface area contributed by atoms with Crippen LogP contribution in [0.5, 0.6) is 0 Å². The van der Waals surface area contributed by atoms with Crippen LogP contribution in [0, 0.1) is 22.7 Å². The van der Waals surface area contributed by atoms with Gasteiger partial charge in [0.25, 0.3) is 0 Å². The van der Waals surface area contributed by atoms with Gasteiger partial charge in [-0.05, 0) is 99.2 Å². The molecule has 0 aromatic heterocycles. The van der Waals surface area contributed by atoms with E-state index >= 15 is 0 Å². The van der Waals surface area contributed by atoms with Gasteiger partial charge in [0, 0.05) is 14.6 Å². The number of hydrogen-bond donors (Lipinski definition) is 0. The Hall–Kier alpha value is 0.620. The first-order valence-electron chi connectivity index (χ1n) is 23.6. The predicted octanol–water partition coefficient (Wildman–Crippen LogP) is 17.2. The second kappa shape index (κ2) is 33.7. The topological polar surface area (TPSA) is 40.1 Å². The van der Waals surface area contributed by atoms with E-state index in [1.54, 1.807) is 50.3 Å². The highest BCUT2D eigenvalue weighted by Gasteiger charge is 2.35. The van der Waals surface area contributed by atoms with Gasteiger partial charge in [0.1, 0.15) is 0 Å². The average molecular weight is 773 g/mol. The second-order valence-corrected chi connectivity index (χ2v) is 27.1. The van der Waals surface area contributed by atoms with Gasteiger partial charge in [-0.3, -0.25) is 0 Å². The monoisotopic (exact) mass is 773 g/mol. The second-order valence-electron chi connectivity index (χ2n) is 20.2. The van der Waals surface area contributed by atoms with Crippen molar-refractivity contribution in [1.29, 1.82) is 0 Å². The Morgan fingerprint density at radius 3 is 0.865 bits per heavy atom. The summed E-state index contributed by atoms with van der Waals surface area (Å²) in [5, 5.41) is 0. The zero-order valence-corrected chi connectivity index (χ0v) is 40.3. The summed E-state index contributed by atoms with van der Waals surface area (Å²) in [6.45, 7) is 26.5. The normalized spacial score (nSPS) is 14.9. The van der Waals surface area contributed by atoms with E-state index in [9.17, 15) is 9.46 Å². The van der Waals surface area contributed by atoms with Gasteiger partial charge in [0.05, 0.1) is 24.6 Å². The zero-order chi connectivity index (χ0) is 39.8. The van der Waals surface area contributed by atoms with Crippen LogP contribution in [0.15, 0.2) is 0 Å². The number of hydrogen-bond acceptors (Lipinski definition) is 2. The van der Waals surface area contributed by atoms with E-state index < -0.39 is 14.6 Å². The Morgan fingerprint density at radius 2 is 0.635 bits per heavy atom. The highest BCUT2D eigenvalue weighted by atomic mass is 31.2. The molecule has 0 aliphatic heterocycles. The van der Waals surface area contributed by atoms with Crippen LogP contribution in [-0.2, 0) is 4.57 Å². The Labute approximate surface area is 332 Å². The van der Waals surface area contributed by atoms with Crippen LogP contribution in [0.1, 0.15) is 250 Å². The molecule has 0 spiro atoms. The molecule has 0 aliphatic carbocycles. The van der Waals surface area contributed by atoms with E-state index in [1.807, 2.05) is 0 Å². The summed E-state index contributed by atoms with van der Waals surface area (Å²) in [4.78, 5) is 12.3. The molecule has 0 aromatic carbocycles. The third-order valence-corrected chi connectivity index (χ3v) is 18.5. The van der Waals surface area contributed by atoms with Gasteiger partial charge in [0.15, 0.2) is 0 Å². The van der Waals surface area contributed by atoms with Crippen molar-refractivity contribution < 1.29 is 9.46 Å². The highest BCUT2D eigenvalue weighted by Crippen LogP contribution is 2.61. The van der Waals surface area contributed by atoms with E-state index in [0.717, 1.165) is 12.8 Å². The quantitative estimate of drug-likeness (QED) is 0.0483. The largest absolute Gasteiger partial charge is 0.799 e. The van der Waals surface area contributed by atoms with Crippen LogP contribution in [0.25, 0.3) is 0 Å². The minimum absolute atomic E-state index is 0.205. The lowest BCUT2D eigenvalue weighted by molar-refractivity contribution is -0.176. The maximum absolute atomic E-state index is 12.3. The van der Waals surface area contributed by atoms with E-state index in [2.05, 4.69) is 83.1 Å². The SMILES string of the molecule is CC(CC(C)(C)C)CP(=O)([O-])CC(C)CC(C)(C)C.CCCCCCCCCCCCCC[P+](CCCCCC)(CCCCCC)CCCCCC. The van der Waals surface area contributed by atoms with Gasteiger partial charge < -0.3 is 9.46 Å². The third kappa shape index (κ3) is 38.9. The van der Waals surface area contributed by atoms with E-state index in [4.69, 9.17) is 0 Å². The summed E-state index contributed by atoms with van der Waals surface area (Å²) in [5.41, 5.74) is 0.410. The van der Waals surface area contributed by atoms with Gasteiger partial charge >= 0.3 is 0 Å². The van der Waals surface area contributed by atoms with Crippen molar-refractivity contribution in [3.8, 4) is 0 Å². The van der Waals surface area contributed by atoms with Crippen LogP contribution in [0.3, 0.4) is 0 Å². The molecule has 52 heavy (non-hydrogen) atoms. The first kappa shape index (κ1) is 54.7. The maximum atomic E-state index is 12.3.